The first-order chi connectivity index (χ1) is 18.8. The Morgan fingerprint density at radius 3 is 2.38 bits per heavy atom. The Kier molecular flexibility index (Phi) is 8.22. The number of nitrogens with one attached hydrogen (secondary N) is 1. The second-order valence-corrected chi connectivity index (χ2v) is 11.3. The molecule has 214 valence electrons. The summed E-state index contributed by atoms with van der Waals surface area (Å²) < 4.78 is 74.8. The van der Waals surface area contributed by atoms with Crippen molar-refractivity contribution in [1.29, 1.82) is 0 Å². The number of nitro benzene ring substituents is 1. The molecule has 4 rings (SSSR count). The number of hydrogen-bond acceptors (Lipinski definition) is 10. The molecule has 1 N–H and O–H groups in total. The fraction of sp³-hybridized carbons (Fsp3) is 0.318. The number of amides is 2. The van der Waals surface area contributed by atoms with E-state index in [1.807, 2.05) is 0 Å². The summed E-state index contributed by atoms with van der Waals surface area (Å²) in [5.74, 6) is -3.73. The largest absolute Gasteiger partial charge is 0.511 e. The Bertz CT molecular complexity index is 1410. The smallest absolute Gasteiger partial charge is 0.484 e. The van der Waals surface area contributed by atoms with Crippen LogP contribution in [0.2, 0.25) is 0 Å². The van der Waals surface area contributed by atoms with Crippen LogP contribution in [0.15, 0.2) is 54.6 Å². The molecular weight excluding hydrogens is 585 g/mol. The van der Waals surface area contributed by atoms with E-state index in [2.05, 4.69) is 5.32 Å². The lowest BCUT2D eigenvalue weighted by Gasteiger charge is -2.54. The van der Waals surface area contributed by atoms with Crippen molar-refractivity contribution in [1.82, 2.24) is 14.5 Å². The summed E-state index contributed by atoms with van der Waals surface area (Å²) in [6, 6.07) is 11.6. The van der Waals surface area contributed by atoms with Crippen molar-refractivity contribution < 1.29 is 50.4 Å². The van der Waals surface area contributed by atoms with Crippen LogP contribution in [0, 0.1) is 10.1 Å². The van der Waals surface area contributed by atoms with E-state index in [1.54, 1.807) is 30.3 Å². The molecule has 2 amide bonds. The van der Waals surface area contributed by atoms with Crippen LogP contribution in [0.3, 0.4) is 0 Å². The zero-order valence-corrected chi connectivity index (χ0v) is 21.6. The van der Waals surface area contributed by atoms with Crippen molar-refractivity contribution >= 4 is 45.3 Å². The molecule has 13 nitrogen and oxygen atoms in total. The Morgan fingerprint density at radius 2 is 1.77 bits per heavy atom. The topological polar surface area (TPSA) is 165 Å². The number of carbonyl (C=O) groups is 3. The number of β-lactam (4-membered cyclic amide) rings is 1. The summed E-state index contributed by atoms with van der Waals surface area (Å²) in [7, 11) is -6.08. The number of carbonyl (C=O) groups excluding carboxylic acids is 3. The molecule has 0 saturated carbocycles. The van der Waals surface area contributed by atoms with E-state index in [0.29, 0.717) is 22.4 Å². The molecule has 2 aliphatic heterocycles. The Balaban J connectivity index is 1.48. The number of halogens is 3. The van der Waals surface area contributed by atoms with Gasteiger partial charge < -0.3 is 14.8 Å². The highest BCUT2D eigenvalue weighted by Crippen LogP contribution is 2.42. The van der Waals surface area contributed by atoms with E-state index in [9.17, 15) is 46.1 Å². The first-order valence-corrected chi connectivity index (χ1v) is 13.7. The zero-order chi connectivity index (χ0) is 29.2. The number of esters is 1. The normalized spacial score (nSPS) is 21.1. The van der Waals surface area contributed by atoms with Gasteiger partial charge in [0.25, 0.3) is 17.5 Å². The number of thioether (sulfide) groups is 1. The monoisotopic (exact) mass is 604 g/mol. The first-order valence-electron chi connectivity index (χ1n) is 11.2. The molecule has 0 aliphatic carbocycles. The van der Waals surface area contributed by atoms with Crippen LogP contribution < -0.4 is 10.1 Å². The molecule has 2 fully saturated rings. The van der Waals surface area contributed by atoms with Gasteiger partial charge in [-0.15, -0.1) is 11.8 Å². The van der Waals surface area contributed by atoms with E-state index in [4.69, 9.17) is 9.47 Å². The van der Waals surface area contributed by atoms with Crippen molar-refractivity contribution in [2.75, 3.05) is 12.5 Å². The molecule has 2 aliphatic rings. The van der Waals surface area contributed by atoms with Crippen molar-refractivity contribution in [3.05, 3.63) is 70.3 Å². The van der Waals surface area contributed by atoms with Gasteiger partial charge in [-0.05, 0) is 29.8 Å². The van der Waals surface area contributed by atoms with Gasteiger partial charge >= 0.3 is 21.5 Å². The van der Waals surface area contributed by atoms with Crippen molar-refractivity contribution in [2.45, 2.75) is 29.7 Å². The number of rotatable bonds is 9. The average molecular weight is 605 g/mol. The third-order valence-corrected chi connectivity index (χ3v) is 8.72. The molecule has 0 spiro atoms. The molecule has 0 radical (unpaired) electrons. The van der Waals surface area contributed by atoms with E-state index in [0.717, 1.165) is 12.1 Å². The van der Waals surface area contributed by atoms with Crippen LogP contribution in [0.5, 0.6) is 5.75 Å². The highest BCUT2D eigenvalue weighted by molar-refractivity contribution is 8.01. The predicted octanol–water partition coefficient (Wildman–Crippen LogP) is 1.55. The molecule has 2 aromatic carbocycles. The van der Waals surface area contributed by atoms with Crippen molar-refractivity contribution in [2.24, 2.45) is 0 Å². The quantitative estimate of drug-likeness (QED) is 0.192. The molecule has 3 atom stereocenters. The number of fused-ring (bicyclic) bond motifs is 1. The number of ether oxygens (including phenoxy) is 2. The van der Waals surface area contributed by atoms with Gasteiger partial charge in [-0.2, -0.15) is 17.5 Å². The molecule has 40 heavy (non-hydrogen) atoms. The number of nitro groups is 1. The van der Waals surface area contributed by atoms with Gasteiger partial charge in [0.15, 0.2) is 12.8 Å². The first kappa shape index (κ1) is 29.1. The minimum Gasteiger partial charge on any atom is -0.484 e. The SMILES string of the molecule is O=C(COc1ccccc1)NC1C(=O)N2C1SCN(S(=O)(=O)C(F)(F)F)C2C(=O)OCc1ccc([N+](=O)[O-])cc1. The second-order valence-electron chi connectivity index (χ2n) is 8.32. The molecule has 2 aromatic rings. The lowest BCUT2D eigenvalue weighted by Crippen LogP contribution is -2.78. The number of non-ortho nitro benzene ring substituents is 1. The number of alkyl halides is 3. The predicted molar refractivity (Wildman–Crippen MR) is 130 cm³/mol. The molecule has 2 heterocycles. The van der Waals surface area contributed by atoms with Gasteiger partial charge in [0.05, 0.1) is 10.8 Å². The number of hydrogen-bond donors (Lipinski definition) is 1. The maximum Gasteiger partial charge on any atom is 0.511 e. The van der Waals surface area contributed by atoms with E-state index in [-0.39, 0.29) is 15.6 Å². The molecule has 2 saturated heterocycles. The molecule has 3 unspecified atom stereocenters. The summed E-state index contributed by atoms with van der Waals surface area (Å²) in [6.07, 6.45) is -2.31. The maximum atomic E-state index is 13.4. The van der Waals surface area contributed by atoms with Gasteiger partial charge in [0, 0.05) is 12.1 Å². The van der Waals surface area contributed by atoms with E-state index >= 15 is 0 Å². The zero-order valence-electron chi connectivity index (χ0n) is 20.0. The standard InChI is InChI=1S/C22H19F3N4O9S2/c23-22(24,25)40(35,36)27-12-39-20-17(26-16(30)11-37-15-4-2-1-3-5-15)19(31)28(20)18(27)21(32)38-10-13-6-8-14(9-7-13)29(33)34/h1-9,17-18,20H,10-12H2,(H,26,30). The van der Waals surface area contributed by atoms with Crippen LogP contribution in [0.25, 0.3) is 0 Å². The minimum atomic E-state index is -6.08. The van der Waals surface area contributed by atoms with Crippen LogP contribution in [-0.2, 0) is 35.8 Å². The lowest BCUT2D eigenvalue weighted by atomic mass is 10.1. The minimum absolute atomic E-state index is 0.194. The molecule has 18 heteroatoms. The van der Waals surface area contributed by atoms with Crippen molar-refractivity contribution in [3.8, 4) is 5.75 Å². The van der Waals surface area contributed by atoms with Gasteiger partial charge in [0.2, 0.25) is 0 Å². The number of nitrogens with zero attached hydrogens (tertiary/aromatic N) is 3. The maximum absolute atomic E-state index is 13.4. The molecule has 0 bridgehead atoms. The van der Waals surface area contributed by atoms with Gasteiger partial charge in [0.1, 0.15) is 23.8 Å². The summed E-state index contributed by atoms with van der Waals surface area (Å²) >= 11 is 0.597. The van der Waals surface area contributed by atoms with E-state index < -0.39 is 74.9 Å². The average Bonchev–Trinajstić information content (AvgIpc) is 2.92. The fourth-order valence-corrected chi connectivity index (χ4v) is 6.46. The van der Waals surface area contributed by atoms with Gasteiger partial charge in [-0.1, -0.05) is 18.2 Å². The Morgan fingerprint density at radius 1 is 1.12 bits per heavy atom. The summed E-state index contributed by atoms with van der Waals surface area (Å²) in [6.45, 7) is -1.06. The Labute approximate surface area is 228 Å². The summed E-state index contributed by atoms with van der Waals surface area (Å²) in [5, 5.41) is 12.1. The summed E-state index contributed by atoms with van der Waals surface area (Å²) in [4.78, 5) is 48.9. The Hall–Kier alpha value is -3.90. The second kappa shape index (κ2) is 11.3. The number of benzene rings is 2. The van der Waals surface area contributed by atoms with Gasteiger partial charge in [-0.25, -0.2) is 13.2 Å². The van der Waals surface area contributed by atoms with E-state index in [1.165, 1.54) is 12.1 Å². The third-order valence-electron chi connectivity index (χ3n) is 5.76. The van der Waals surface area contributed by atoms with Crippen LogP contribution in [0.4, 0.5) is 18.9 Å². The lowest BCUT2D eigenvalue weighted by molar-refractivity contribution is -0.384. The number of para-hydroxylation sites is 1. The van der Waals surface area contributed by atoms with Gasteiger partial charge in [-0.3, -0.25) is 24.6 Å². The highest BCUT2D eigenvalue weighted by Gasteiger charge is 2.63. The highest BCUT2D eigenvalue weighted by atomic mass is 32.2. The third kappa shape index (κ3) is 5.82. The van der Waals surface area contributed by atoms with Crippen LogP contribution in [-0.4, -0.2) is 75.9 Å². The van der Waals surface area contributed by atoms with Crippen LogP contribution in [0.1, 0.15) is 5.56 Å². The summed E-state index contributed by atoms with van der Waals surface area (Å²) in [5.41, 5.74) is -5.84. The van der Waals surface area contributed by atoms with Crippen LogP contribution >= 0.6 is 11.8 Å². The molecule has 0 aromatic heterocycles. The number of sulfonamides is 1. The fourth-order valence-electron chi connectivity index (χ4n) is 3.80. The van der Waals surface area contributed by atoms with Crippen molar-refractivity contribution in [3.63, 3.8) is 0 Å². The molecular formula is C22H19F3N4O9S2.